The van der Waals surface area contributed by atoms with Crippen LogP contribution in [-0.2, 0) is 18.4 Å². The van der Waals surface area contributed by atoms with Crippen molar-refractivity contribution in [3.8, 4) is 0 Å². The highest BCUT2D eigenvalue weighted by Crippen LogP contribution is 2.29. The molecule has 0 fully saturated rings. The van der Waals surface area contributed by atoms with Crippen LogP contribution in [0.25, 0.3) is 10.9 Å². The molecule has 0 spiro atoms. The van der Waals surface area contributed by atoms with Crippen molar-refractivity contribution in [3.63, 3.8) is 0 Å². The average Bonchev–Trinajstić information content (AvgIpc) is 2.67. The van der Waals surface area contributed by atoms with Crippen LogP contribution in [0.5, 0.6) is 0 Å². The summed E-state index contributed by atoms with van der Waals surface area (Å²) in [4.78, 5) is 0. The Balaban J connectivity index is 2.58. The monoisotopic (exact) mass is 259 g/mol. The van der Waals surface area contributed by atoms with E-state index in [4.69, 9.17) is 11.5 Å². The molecular weight excluding hydrogens is 234 g/mol. The Bertz CT molecular complexity index is 561. The van der Waals surface area contributed by atoms with Crippen LogP contribution in [0, 0.1) is 0 Å². The Morgan fingerprint density at radius 3 is 2.42 bits per heavy atom. The maximum absolute atomic E-state index is 5.72. The van der Waals surface area contributed by atoms with Gasteiger partial charge in [0.05, 0.1) is 0 Å². The van der Waals surface area contributed by atoms with Crippen molar-refractivity contribution in [3.05, 3.63) is 35.5 Å². The van der Waals surface area contributed by atoms with E-state index < -0.39 is 0 Å². The molecule has 0 aliphatic heterocycles. The Morgan fingerprint density at radius 1 is 1.11 bits per heavy atom. The predicted molar refractivity (Wildman–Crippen MR) is 82.5 cm³/mol. The van der Waals surface area contributed by atoms with Crippen molar-refractivity contribution in [2.24, 2.45) is 11.5 Å². The van der Waals surface area contributed by atoms with Gasteiger partial charge in [-0.1, -0.05) is 26.8 Å². The highest BCUT2D eigenvalue weighted by molar-refractivity contribution is 5.85. The maximum Gasteiger partial charge on any atom is 0.0483 e. The molecule has 3 heteroatoms. The molecule has 0 amide bonds. The van der Waals surface area contributed by atoms with Crippen molar-refractivity contribution >= 4 is 10.9 Å². The van der Waals surface area contributed by atoms with Gasteiger partial charge < -0.3 is 16.0 Å². The summed E-state index contributed by atoms with van der Waals surface area (Å²) < 4.78 is 2.24. The van der Waals surface area contributed by atoms with Gasteiger partial charge in [0, 0.05) is 30.2 Å². The molecule has 19 heavy (non-hydrogen) atoms. The van der Waals surface area contributed by atoms with Gasteiger partial charge in [-0.3, -0.25) is 0 Å². The minimum Gasteiger partial charge on any atom is -0.346 e. The van der Waals surface area contributed by atoms with Crippen molar-refractivity contribution < 1.29 is 0 Å². The van der Waals surface area contributed by atoms with Crippen LogP contribution in [0.2, 0.25) is 0 Å². The molecule has 2 aromatic rings. The van der Waals surface area contributed by atoms with Gasteiger partial charge >= 0.3 is 0 Å². The molecule has 4 N–H and O–H groups in total. The number of hydrogen-bond donors (Lipinski definition) is 2. The lowest BCUT2D eigenvalue weighted by atomic mass is 9.86. The number of rotatable bonds is 4. The van der Waals surface area contributed by atoms with E-state index in [2.05, 4.69) is 49.7 Å². The first-order valence-electron chi connectivity index (χ1n) is 6.99. The molecule has 1 aromatic carbocycles. The number of fused-ring (bicyclic) bond motifs is 1. The summed E-state index contributed by atoms with van der Waals surface area (Å²) in [7, 11) is 0. The molecule has 2 rings (SSSR count). The van der Waals surface area contributed by atoms with Gasteiger partial charge in [0.25, 0.3) is 0 Å². The predicted octanol–water partition coefficient (Wildman–Crippen LogP) is 2.40. The Kier molecular flexibility index (Phi) is 3.97. The number of nitrogens with two attached hydrogens (primary N) is 2. The summed E-state index contributed by atoms with van der Waals surface area (Å²) in [6.07, 6.45) is 3.12. The van der Waals surface area contributed by atoms with Gasteiger partial charge in [-0.05, 0) is 41.6 Å². The van der Waals surface area contributed by atoms with Crippen LogP contribution in [0.1, 0.15) is 31.9 Å². The highest BCUT2D eigenvalue weighted by atomic mass is 15.0. The van der Waals surface area contributed by atoms with Gasteiger partial charge in [-0.15, -0.1) is 0 Å². The average molecular weight is 259 g/mol. The van der Waals surface area contributed by atoms with E-state index in [0.717, 1.165) is 13.0 Å². The highest BCUT2D eigenvalue weighted by Gasteiger charge is 2.16. The lowest BCUT2D eigenvalue weighted by molar-refractivity contribution is 0.591. The van der Waals surface area contributed by atoms with Gasteiger partial charge in [-0.2, -0.15) is 0 Å². The van der Waals surface area contributed by atoms with Crippen LogP contribution in [0.3, 0.4) is 0 Å². The van der Waals surface area contributed by atoms with E-state index in [0.29, 0.717) is 13.1 Å². The van der Waals surface area contributed by atoms with Crippen molar-refractivity contribution in [1.29, 1.82) is 0 Å². The number of hydrogen-bond acceptors (Lipinski definition) is 2. The molecule has 1 heterocycles. The number of benzene rings is 1. The zero-order valence-electron chi connectivity index (χ0n) is 12.2. The Labute approximate surface area is 115 Å². The first-order valence-corrected chi connectivity index (χ1v) is 6.99. The zero-order valence-corrected chi connectivity index (χ0v) is 12.2. The van der Waals surface area contributed by atoms with Gasteiger partial charge in [0.1, 0.15) is 0 Å². The fraction of sp³-hybridized carbons (Fsp3) is 0.500. The van der Waals surface area contributed by atoms with Gasteiger partial charge in [-0.25, -0.2) is 0 Å². The standard InChI is InChI=1S/C16H25N3/c1-16(2,3)13-4-5-15-14(10-13)12(6-7-17)11-19(15)9-8-18/h4-5,10-11H,6-9,17-18H2,1-3H3. The Morgan fingerprint density at radius 2 is 1.84 bits per heavy atom. The molecule has 0 radical (unpaired) electrons. The molecule has 1 aromatic heterocycles. The summed E-state index contributed by atoms with van der Waals surface area (Å²) >= 11 is 0. The lowest BCUT2D eigenvalue weighted by Crippen LogP contribution is -2.11. The summed E-state index contributed by atoms with van der Waals surface area (Å²) in [5.74, 6) is 0. The van der Waals surface area contributed by atoms with Gasteiger partial charge in [0.15, 0.2) is 0 Å². The molecule has 0 saturated heterocycles. The van der Waals surface area contributed by atoms with Crippen LogP contribution < -0.4 is 11.5 Å². The van der Waals surface area contributed by atoms with E-state index in [-0.39, 0.29) is 5.41 Å². The van der Waals surface area contributed by atoms with Crippen LogP contribution >= 0.6 is 0 Å². The van der Waals surface area contributed by atoms with Crippen molar-refractivity contribution in [2.45, 2.75) is 39.2 Å². The number of aromatic nitrogens is 1. The summed E-state index contributed by atoms with van der Waals surface area (Å²) in [6.45, 7) is 8.93. The molecule has 0 aliphatic carbocycles. The second-order valence-electron chi connectivity index (χ2n) is 6.16. The second kappa shape index (κ2) is 5.35. The first-order chi connectivity index (χ1) is 8.97. The maximum atomic E-state index is 5.72. The van der Waals surface area contributed by atoms with E-state index in [1.54, 1.807) is 0 Å². The summed E-state index contributed by atoms with van der Waals surface area (Å²) in [5, 5.41) is 1.33. The smallest absolute Gasteiger partial charge is 0.0483 e. The molecule has 0 unspecified atom stereocenters. The largest absolute Gasteiger partial charge is 0.346 e. The van der Waals surface area contributed by atoms with Crippen LogP contribution in [-0.4, -0.2) is 17.7 Å². The molecule has 3 nitrogen and oxygen atoms in total. The van der Waals surface area contributed by atoms with Crippen molar-refractivity contribution in [1.82, 2.24) is 4.57 Å². The minimum absolute atomic E-state index is 0.171. The van der Waals surface area contributed by atoms with Gasteiger partial charge in [0.2, 0.25) is 0 Å². The molecule has 104 valence electrons. The fourth-order valence-corrected chi connectivity index (χ4v) is 2.52. The van der Waals surface area contributed by atoms with E-state index in [1.165, 1.54) is 22.0 Å². The van der Waals surface area contributed by atoms with Crippen molar-refractivity contribution in [2.75, 3.05) is 13.1 Å². The second-order valence-corrected chi connectivity index (χ2v) is 6.16. The Hall–Kier alpha value is -1.32. The lowest BCUT2D eigenvalue weighted by Gasteiger charge is -2.19. The summed E-state index contributed by atoms with van der Waals surface area (Å²) in [5.41, 5.74) is 15.5. The molecule has 0 bridgehead atoms. The van der Waals surface area contributed by atoms with E-state index in [9.17, 15) is 0 Å². The third-order valence-electron chi connectivity index (χ3n) is 3.61. The topological polar surface area (TPSA) is 57.0 Å². The van der Waals surface area contributed by atoms with E-state index >= 15 is 0 Å². The number of nitrogens with zero attached hydrogens (tertiary/aromatic N) is 1. The quantitative estimate of drug-likeness (QED) is 0.886. The van der Waals surface area contributed by atoms with Crippen LogP contribution in [0.4, 0.5) is 0 Å². The first kappa shape index (κ1) is 14.1. The molecule has 0 aliphatic rings. The van der Waals surface area contributed by atoms with E-state index in [1.807, 2.05) is 0 Å². The molecular formula is C16H25N3. The SMILES string of the molecule is CC(C)(C)c1ccc2c(c1)c(CCN)cn2CCN. The normalized spacial score (nSPS) is 12.3. The third kappa shape index (κ3) is 2.82. The molecule has 0 saturated carbocycles. The zero-order chi connectivity index (χ0) is 14.0. The minimum atomic E-state index is 0.171. The summed E-state index contributed by atoms with van der Waals surface area (Å²) in [6, 6.07) is 6.75. The fourth-order valence-electron chi connectivity index (χ4n) is 2.52. The third-order valence-corrected chi connectivity index (χ3v) is 3.61. The van der Waals surface area contributed by atoms with Crippen LogP contribution in [0.15, 0.2) is 24.4 Å². The molecule has 0 atom stereocenters.